The van der Waals surface area contributed by atoms with Crippen molar-refractivity contribution in [3.05, 3.63) is 40.2 Å². The minimum absolute atomic E-state index is 0.0168. The maximum absolute atomic E-state index is 11.7. The van der Waals surface area contributed by atoms with E-state index in [1.54, 1.807) is 23.9 Å². The molecule has 0 spiro atoms. The van der Waals surface area contributed by atoms with Crippen molar-refractivity contribution in [3.63, 3.8) is 0 Å². The van der Waals surface area contributed by atoms with E-state index in [1.807, 2.05) is 11.4 Å². The summed E-state index contributed by atoms with van der Waals surface area (Å²) in [5.41, 5.74) is 1.80. The third-order valence-electron chi connectivity index (χ3n) is 2.47. The van der Waals surface area contributed by atoms with Gasteiger partial charge in [0.25, 0.3) is 0 Å². The number of hydrogen-bond donors (Lipinski definition) is 1. The number of aromatic nitrogens is 1. The average Bonchev–Trinajstić information content (AvgIpc) is 2.96. The zero-order chi connectivity index (χ0) is 13.0. The first-order chi connectivity index (χ1) is 8.65. The summed E-state index contributed by atoms with van der Waals surface area (Å²) in [6.07, 6.45) is 3.55. The lowest BCUT2D eigenvalue weighted by Crippen LogP contribution is -2.24. The molecule has 2 aromatic rings. The Hall–Kier alpha value is -1.62. The van der Waals surface area contributed by atoms with Gasteiger partial charge in [0, 0.05) is 23.4 Å². The molecule has 0 aliphatic heterocycles. The predicted molar refractivity (Wildman–Crippen MR) is 70.5 cm³/mol. The molecule has 0 radical (unpaired) electrons. The van der Waals surface area contributed by atoms with Crippen molar-refractivity contribution in [2.24, 2.45) is 0 Å². The molecule has 5 heteroatoms. The van der Waals surface area contributed by atoms with Gasteiger partial charge in [0.2, 0.25) is 5.91 Å². The van der Waals surface area contributed by atoms with Gasteiger partial charge >= 0.3 is 0 Å². The van der Waals surface area contributed by atoms with E-state index in [0.717, 1.165) is 16.3 Å². The minimum atomic E-state index is -0.0168. The second-order valence-electron chi connectivity index (χ2n) is 4.42. The zero-order valence-corrected chi connectivity index (χ0v) is 11.3. The molecule has 0 unspecified atom stereocenters. The Labute approximate surface area is 110 Å². The van der Waals surface area contributed by atoms with Crippen LogP contribution in [-0.4, -0.2) is 10.9 Å². The molecule has 0 atom stereocenters. The zero-order valence-electron chi connectivity index (χ0n) is 10.5. The van der Waals surface area contributed by atoms with Crippen LogP contribution in [0.5, 0.6) is 0 Å². The number of nitrogens with one attached hydrogen (secondary N) is 1. The summed E-state index contributed by atoms with van der Waals surface area (Å²) in [7, 11) is 0. The van der Waals surface area contributed by atoms with Gasteiger partial charge in [0.15, 0.2) is 0 Å². The van der Waals surface area contributed by atoms with Crippen LogP contribution >= 0.6 is 11.3 Å². The lowest BCUT2D eigenvalue weighted by atomic mass is 10.2. The molecule has 2 aromatic heterocycles. The average molecular weight is 264 g/mol. The van der Waals surface area contributed by atoms with Gasteiger partial charge in [0.05, 0.1) is 29.6 Å². The Kier molecular flexibility index (Phi) is 4.15. The summed E-state index contributed by atoms with van der Waals surface area (Å²) in [4.78, 5) is 16.1. The summed E-state index contributed by atoms with van der Waals surface area (Å²) >= 11 is 1.61. The van der Waals surface area contributed by atoms with Crippen molar-refractivity contribution < 1.29 is 9.21 Å². The van der Waals surface area contributed by atoms with Crippen molar-refractivity contribution in [3.8, 4) is 0 Å². The largest absolute Gasteiger partial charge is 0.472 e. The molecule has 0 aliphatic rings. The van der Waals surface area contributed by atoms with Gasteiger partial charge < -0.3 is 9.73 Å². The standard InChI is InChI=1S/C13H16N2O2S/c1-9(2)13-15-11(8-18-13)5-12(16)14-6-10-3-4-17-7-10/h3-4,7-9H,5-6H2,1-2H3,(H,14,16). The van der Waals surface area contributed by atoms with Crippen LogP contribution in [0.2, 0.25) is 0 Å². The molecule has 0 fully saturated rings. The quantitative estimate of drug-likeness (QED) is 0.903. The summed E-state index contributed by atoms with van der Waals surface area (Å²) in [5.74, 6) is 0.398. The number of rotatable bonds is 5. The number of thiazole rings is 1. The van der Waals surface area contributed by atoms with E-state index >= 15 is 0 Å². The molecule has 18 heavy (non-hydrogen) atoms. The maximum Gasteiger partial charge on any atom is 0.226 e. The van der Waals surface area contributed by atoms with Crippen LogP contribution in [0.1, 0.15) is 36.0 Å². The van der Waals surface area contributed by atoms with Crippen LogP contribution in [-0.2, 0) is 17.8 Å². The maximum atomic E-state index is 11.7. The van der Waals surface area contributed by atoms with E-state index in [4.69, 9.17) is 4.42 Å². The van der Waals surface area contributed by atoms with Crippen LogP contribution in [0.3, 0.4) is 0 Å². The number of hydrogen-bond acceptors (Lipinski definition) is 4. The van der Waals surface area contributed by atoms with Crippen molar-refractivity contribution in [2.75, 3.05) is 0 Å². The monoisotopic (exact) mass is 264 g/mol. The van der Waals surface area contributed by atoms with Crippen molar-refractivity contribution in [1.29, 1.82) is 0 Å². The van der Waals surface area contributed by atoms with Gasteiger partial charge in [-0.3, -0.25) is 4.79 Å². The Morgan fingerprint density at radius 3 is 3.00 bits per heavy atom. The van der Waals surface area contributed by atoms with E-state index in [0.29, 0.717) is 18.9 Å². The van der Waals surface area contributed by atoms with Crippen LogP contribution in [0.4, 0.5) is 0 Å². The highest BCUT2D eigenvalue weighted by Gasteiger charge is 2.09. The number of nitrogens with zero attached hydrogens (tertiary/aromatic N) is 1. The number of carbonyl (C=O) groups excluding carboxylic acids is 1. The molecule has 0 aromatic carbocycles. The van der Waals surface area contributed by atoms with Gasteiger partial charge in [-0.25, -0.2) is 4.98 Å². The highest BCUT2D eigenvalue weighted by atomic mass is 32.1. The fourth-order valence-corrected chi connectivity index (χ4v) is 2.32. The lowest BCUT2D eigenvalue weighted by molar-refractivity contribution is -0.120. The van der Waals surface area contributed by atoms with E-state index < -0.39 is 0 Å². The smallest absolute Gasteiger partial charge is 0.226 e. The molecule has 4 nitrogen and oxygen atoms in total. The highest BCUT2D eigenvalue weighted by molar-refractivity contribution is 7.09. The van der Waals surface area contributed by atoms with E-state index in [-0.39, 0.29) is 5.91 Å². The number of carbonyl (C=O) groups is 1. The Balaban J connectivity index is 1.83. The van der Waals surface area contributed by atoms with Gasteiger partial charge in [-0.05, 0) is 6.07 Å². The molecule has 96 valence electrons. The molecule has 0 saturated carbocycles. The van der Waals surface area contributed by atoms with Gasteiger partial charge in [-0.15, -0.1) is 11.3 Å². The van der Waals surface area contributed by atoms with Gasteiger partial charge in [-0.2, -0.15) is 0 Å². The van der Waals surface area contributed by atoms with E-state index in [2.05, 4.69) is 24.1 Å². The predicted octanol–water partition coefficient (Wildman–Crippen LogP) is 2.72. The van der Waals surface area contributed by atoms with Crippen LogP contribution < -0.4 is 5.32 Å². The van der Waals surface area contributed by atoms with E-state index in [1.165, 1.54) is 0 Å². The summed E-state index contributed by atoms with van der Waals surface area (Å²) in [5, 5.41) is 5.87. The normalized spacial score (nSPS) is 10.8. The molecule has 0 bridgehead atoms. The molecule has 2 rings (SSSR count). The molecular formula is C13H16N2O2S. The Morgan fingerprint density at radius 2 is 2.39 bits per heavy atom. The van der Waals surface area contributed by atoms with Crippen LogP contribution in [0, 0.1) is 0 Å². The van der Waals surface area contributed by atoms with Gasteiger partial charge in [0.1, 0.15) is 0 Å². The van der Waals surface area contributed by atoms with Crippen LogP contribution in [0.15, 0.2) is 28.4 Å². The molecule has 1 N–H and O–H groups in total. The summed E-state index contributed by atoms with van der Waals surface area (Å²) in [6.45, 7) is 4.69. The molecule has 0 saturated heterocycles. The van der Waals surface area contributed by atoms with Crippen molar-refractivity contribution >= 4 is 17.2 Å². The van der Waals surface area contributed by atoms with Crippen LogP contribution in [0.25, 0.3) is 0 Å². The second-order valence-corrected chi connectivity index (χ2v) is 5.31. The first-order valence-electron chi connectivity index (χ1n) is 5.87. The second kappa shape index (κ2) is 5.82. The molecule has 1 amide bonds. The SMILES string of the molecule is CC(C)c1nc(CC(=O)NCc2ccoc2)cs1. The molecular weight excluding hydrogens is 248 g/mol. The lowest BCUT2D eigenvalue weighted by Gasteiger charge is -2.01. The Bertz CT molecular complexity index is 503. The summed E-state index contributed by atoms with van der Waals surface area (Å²) < 4.78 is 4.93. The van der Waals surface area contributed by atoms with Crippen molar-refractivity contribution in [2.45, 2.75) is 32.7 Å². The fraction of sp³-hybridized carbons (Fsp3) is 0.385. The minimum Gasteiger partial charge on any atom is -0.472 e. The first-order valence-corrected chi connectivity index (χ1v) is 6.75. The Morgan fingerprint density at radius 1 is 1.56 bits per heavy atom. The highest BCUT2D eigenvalue weighted by Crippen LogP contribution is 2.19. The summed E-state index contributed by atoms with van der Waals surface area (Å²) in [6, 6.07) is 1.83. The van der Waals surface area contributed by atoms with Gasteiger partial charge in [-0.1, -0.05) is 13.8 Å². The topological polar surface area (TPSA) is 55.1 Å². The van der Waals surface area contributed by atoms with Crippen molar-refractivity contribution in [1.82, 2.24) is 10.3 Å². The first kappa shape index (κ1) is 12.8. The fourth-order valence-electron chi connectivity index (χ4n) is 1.49. The third kappa shape index (κ3) is 3.43. The number of amides is 1. The third-order valence-corrected chi connectivity index (χ3v) is 3.67. The number of furan rings is 1. The van der Waals surface area contributed by atoms with E-state index in [9.17, 15) is 4.79 Å². The molecule has 2 heterocycles. The molecule has 0 aliphatic carbocycles.